The van der Waals surface area contributed by atoms with E-state index in [2.05, 4.69) is 15.3 Å². The number of amidine groups is 2. The number of urea groups is 1. The standard InChI is InChI=1S/C19H25N5O.H2/c1-12-7-8-13(10-16(12)18(20)23-17-6-3-9-21-17)22-19(25)24-14-4-2-5-15(24)11-14;/h7-8,10,14-15H,2-6,9,11H2,1H3,(H,22,25)(H2,20,21,23);1H. The van der Waals surface area contributed by atoms with Crippen LogP contribution in [-0.4, -0.2) is 41.2 Å². The lowest BCUT2D eigenvalue weighted by molar-refractivity contribution is 0.0173. The van der Waals surface area contributed by atoms with E-state index < -0.39 is 0 Å². The van der Waals surface area contributed by atoms with E-state index in [1.165, 1.54) is 6.42 Å². The van der Waals surface area contributed by atoms with E-state index in [1.807, 2.05) is 30.0 Å². The molecule has 1 aromatic rings. The predicted octanol–water partition coefficient (Wildman–Crippen LogP) is 3.30. The highest BCUT2D eigenvalue weighted by atomic mass is 16.2. The second-order valence-electron chi connectivity index (χ2n) is 7.24. The van der Waals surface area contributed by atoms with Crippen LogP contribution in [-0.2, 0) is 0 Å². The van der Waals surface area contributed by atoms with Gasteiger partial charge < -0.3 is 16.0 Å². The molecule has 0 spiro atoms. The number of amides is 2. The molecule has 6 nitrogen and oxygen atoms in total. The molecule has 0 radical (unpaired) electrons. The number of anilines is 1. The average Bonchev–Trinajstić information content (AvgIpc) is 3.10. The molecule has 2 unspecified atom stereocenters. The lowest BCUT2D eigenvalue weighted by Gasteiger charge is -2.52. The Labute approximate surface area is 149 Å². The molecule has 2 atom stereocenters. The molecule has 2 amide bonds. The summed E-state index contributed by atoms with van der Waals surface area (Å²) in [6.45, 7) is 2.83. The van der Waals surface area contributed by atoms with Gasteiger partial charge in [0.1, 0.15) is 11.7 Å². The first-order valence-electron chi connectivity index (χ1n) is 9.19. The normalized spacial score (nSPS) is 25.4. The van der Waals surface area contributed by atoms with Crippen LogP contribution >= 0.6 is 0 Å². The summed E-state index contributed by atoms with van der Waals surface area (Å²) in [5.74, 6) is 1.29. The summed E-state index contributed by atoms with van der Waals surface area (Å²) >= 11 is 0. The number of fused-ring (bicyclic) bond motifs is 2. The molecule has 1 aromatic carbocycles. The van der Waals surface area contributed by atoms with E-state index in [4.69, 9.17) is 5.73 Å². The Bertz CT molecular complexity index is 746. The monoisotopic (exact) mass is 341 g/mol. The van der Waals surface area contributed by atoms with Gasteiger partial charge in [0.25, 0.3) is 0 Å². The van der Waals surface area contributed by atoms with E-state index in [1.54, 1.807) is 0 Å². The summed E-state index contributed by atoms with van der Waals surface area (Å²) in [5.41, 5.74) is 8.86. The van der Waals surface area contributed by atoms with E-state index in [0.717, 1.165) is 61.3 Å². The van der Waals surface area contributed by atoms with Crippen LogP contribution in [0.15, 0.2) is 28.2 Å². The zero-order valence-corrected chi connectivity index (χ0v) is 14.7. The fraction of sp³-hybridized carbons (Fsp3) is 0.526. The minimum atomic E-state index is 0. The maximum atomic E-state index is 12.6. The van der Waals surface area contributed by atoms with Crippen LogP contribution in [0.25, 0.3) is 0 Å². The highest BCUT2D eigenvalue weighted by Gasteiger charge is 2.44. The van der Waals surface area contributed by atoms with Gasteiger partial charge in [-0.3, -0.25) is 4.99 Å². The lowest BCUT2D eigenvalue weighted by atomic mass is 9.80. The summed E-state index contributed by atoms with van der Waals surface area (Å²) < 4.78 is 0. The Morgan fingerprint density at radius 2 is 2.16 bits per heavy atom. The zero-order chi connectivity index (χ0) is 17.4. The fourth-order valence-corrected chi connectivity index (χ4v) is 4.11. The summed E-state index contributed by atoms with van der Waals surface area (Å²) in [5, 5.41) is 3.03. The third kappa shape index (κ3) is 3.13. The summed E-state index contributed by atoms with van der Waals surface area (Å²) in [6, 6.07) is 6.67. The quantitative estimate of drug-likeness (QED) is 0.639. The Hall–Kier alpha value is -2.37. The van der Waals surface area contributed by atoms with Gasteiger partial charge in [-0.15, -0.1) is 0 Å². The van der Waals surface area contributed by atoms with Crippen LogP contribution in [0.3, 0.4) is 0 Å². The van der Waals surface area contributed by atoms with Gasteiger partial charge >= 0.3 is 6.03 Å². The number of carbonyl (C=O) groups is 1. The Kier molecular flexibility index (Phi) is 4.19. The van der Waals surface area contributed by atoms with E-state index >= 15 is 0 Å². The molecular formula is C19H27N5O. The number of aryl methyl sites for hydroxylation is 1. The summed E-state index contributed by atoms with van der Waals surface area (Å²) in [7, 11) is 0. The van der Waals surface area contributed by atoms with Crippen molar-refractivity contribution in [2.75, 3.05) is 11.9 Å². The van der Waals surface area contributed by atoms with Crippen molar-refractivity contribution in [2.24, 2.45) is 15.7 Å². The minimum Gasteiger partial charge on any atom is -0.383 e. The first-order chi connectivity index (χ1) is 12.1. The number of nitrogens with one attached hydrogen (secondary N) is 1. The number of piperidine rings is 1. The lowest BCUT2D eigenvalue weighted by Crippen LogP contribution is -2.62. The van der Waals surface area contributed by atoms with Crippen LogP contribution in [0.1, 0.15) is 51.1 Å². The minimum absolute atomic E-state index is 0. The summed E-state index contributed by atoms with van der Waals surface area (Å²) in [6.07, 6.45) is 6.59. The van der Waals surface area contributed by atoms with Crippen molar-refractivity contribution in [1.82, 2.24) is 4.90 Å². The van der Waals surface area contributed by atoms with Crippen molar-refractivity contribution in [3.8, 4) is 0 Å². The van der Waals surface area contributed by atoms with E-state index in [0.29, 0.717) is 17.9 Å². The van der Waals surface area contributed by atoms with Gasteiger partial charge in [0.05, 0.1) is 0 Å². The highest BCUT2D eigenvalue weighted by molar-refractivity contribution is 6.07. The van der Waals surface area contributed by atoms with Crippen LogP contribution in [0.4, 0.5) is 10.5 Å². The maximum absolute atomic E-state index is 12.6. The molecule has 3 aliphatic rings. The number of benzene rings is 1. The van der Waals surface area contributed by atoms with Gasteiger partial charge in [-0.1, -0.05) is 6.07 Å². The van der Waals surface area contributed by atoms with Crippen LogP contribution < -0.4 is 11.1 Å². The van der Waals surface area contributed by atoms with Gasteiger partial charge in [0.2, 0.25) is 0 Å². The SMILES string of the molecule is Cc1ccc(NC(=O)N2C3CCCC2C3)cc1C(N)=NC1=NCCC1.[HH]. The molecule has 134 valence electrons. The first-order valence-corrected chi connectivity index (χ1v) is 9.19. The fourth-order valence-electron chi connectivity index (χ4n) is 4.11. The molecule has 0 aromatic heterocycles. The molecule has 3 heterocycles. The Balaban J connectivity index is 0.00000196. The van der Waals surface area contributed by atoms with E-state index in [-0.39, 0.29) is 7.46 Å². The van der Waals surface area contributed by atoms with Crippen molar-refractivity contribution in [2.45, 2.75) is 57.5 Å². The third-order valence-electron chi connectivity index (χ3n) is 5.51. The molecule has 0 aliphatic carbocycles. The Morgan fingerprint density at radius 1 is 1.36 bits per heavy atom. The molecule has 3 aliphatic heterocycles. The third-order valence-corrected chi connectivity index (χ3v) is 5.51. The predicted molar refractivity (Wildman–Crippen MR) is 102 cm³/mol. The number of carbonyl (C=O) groups excluding carboxylic acids is 1. The topological polar surface area (TPSA) is 83.1 Å². The maximum Gasteiger partial charge on any atom is 0.322 e. The Morgan fingerprint density at radius 3 is 2.84 bits per heavy atom. The molecule has 6 heteroatoms. The molecule has 25 heavy (non-hydrogen) atoms. The number of hydrogen-bond donors (Lipinski definition) is 2. The van der Waals surface area contributed by atoms with Crippen LogP contribution in [0, 0.1) is 6.92 Å². The molecule has 2 bridgehead atoms. The first kappa shape index (κ1) is 16.1. The van der Waals surface area contributed by atoms with Crippen molar-refractivity contribution >= 4 is 23.4 Å². The largest absolute Gasteiger partial charge is 0.383 e. The summed E-state index contributed by atoms with van der Waals surface area (Å²) in [4.78, 5) is 23.4. The molecule has 0 saturated carbocycles. The molecule has 4 rings (SSSR count). The highest BCUT2D eigenvalue weighted by Crippen LogP contribution is 2.38. The van der Waals surface area contributed by atoms with Crippen molar-refractivity contribution in [3.63, 3.8) is 0 Å². The number of nitrogens with zero attached hydrogens (tertiary/aromatic N) is 3. The van der Waals surface area contributed by atoms with Gasteiger partial charge in [0.15, 0.2) is 0 Å². The zero-order valence-electron chi connectivity index (χ0n) is 14.7. The second-order valence-corrected chi connectivity index (χ2v) is 7.24. The van der Waals surface area contributed by atoms with Crippen LogP contribution in [0.2, 0.25) is 0 Å². The number of rotatable bonds is 2. The van der Waals surface area contributed by atoms with E-state index in [9.17, 15) is 4.79 Å². The van der Waals surface area contributed by atoms with Crippen molar-refractivity contribution in [1.29, 1.82) is 0 Å². The molecule has 2 fully saturated rings. The molecule has 2 saturated heterocycles. The van der Waals surface area contributed by atoms with Crippen molar-refractivity contribution in [3.05, 3.63) is 29.3 Å². The molecule has 3 N–H and O–H groups in total. The number of aliphatic imine (C=N–C) groups is 2. The second kappa shape index (κ2) is 6.50. The van der Waals surface area contributed by atoms with Gasteiger partial charge in [0, 0.05) is 37.7 Å². The van der Waals surface area contributed by atoms with Gasteiger partial charge in [-0.2, -0.15) is 0 Å². The smallest absolute Gasteiger partial charge is 0.322 e. The van der Waals surface area contributed by atoms with Crippen LogP contribution in [0.5, 0.6) is 0 Å². The van der Waals surface area contributed by atoms with Gasteiger partial charge in [-0.25, -0.2) is 9.79 Å². The number of hydrogen-bond acceptors (Lipinski definition) is 3. The van der Waals surface area contributed by atoms with Crippen molar-refractivity contribution < 1.29 is 6.22 Å². The number of nitrogens with two attached hydrogens (primary N) is 1. The van der Waals surface area contributed by atoms with Gasteiger partial charge in [-0.05, 0) is 56.7 Å². The molecular weight excluding hydrogens is 314 g/mol. The average molecular weight is 341 g/mol.